The largest absolute Gasteiger partial charge is 0.507 e. The lowest BCUT2D eigenvalue weighted by molar-refractivity contribution is 0.370. The highest BCUT2D eigenvalue weighted by Crippen LogP contribution is 2.23. The Balaban J connectivity index is 0.00000280. The lowest BCUT2D eigenvalue weighted by Gasteiger charge is -2.36. The molecule has 3 rings (SSSR count). The zero-order chi connectivity index (χ0) is 19.2. The zero-order valence-electron chi connectivity index (χ0n) is 16.7. The van der Waals surface area contributed by atoms with Crippen LogP contribution < -0.4 is 10.2 Å². The van der Waals surface area contributed by atoms with Crippen molar-refractivity contribution in [3.63, 3.8) is 0 Å². The fourth-order valence-electron chi connectivity index (χ4n) is 3.30. The summed E-state index contributed by atoms with van der Waals surface area (Å²) in [5, 5.41) is 13.3. The second-order valence-corrected chi connectivity index (χ2v) is 6.77. The molecular weight excluding hydrogens is 467 g/mol. The lowest BCUT2D eigenvalue weighted by atomic mass is 10.1. The van der Waals surface area contributed by atoms with Crippen molar-refractivity contribution in [3.05, 3.63) is 47.3 Å². The molecule has 7 nitrogen and oxygen atoms in total. The fourth-order valence-corrected chi connectivity index (χ4v) is 3.30. The van der Waals surface area contributed by atoms with Crippen LogP contribution in [0.25, 0.3) is 0 Å². The minimum atomic E-state index is 0. The first-order chi connectivity index (χ1) is 13.1. The molecule has 0 atom stereocenters. The van der Waals surface area contributed by atoms with Crippen LogP contribution in [0.2, 0.25) is 0 Å². The van der Waals surface area contributed by atoms with Crippen molar-refractivity contribution in [1.29, 1.82) is 0 Å². The maximum absolute atomic E-state index is 9.94. The highest BCUT2D eigenvalue weighted by Gasteiger charge is 2.21. The van der Waals surface area contributed by atoms with Gasteiger partial charge in [0.2, 0.25) is 5.95 Å². The maximum atomic E-state index is 9.94. The first-order valence-corrected chi connectivity index (χ1v) is 9.42. The van der Waals surface area contributed by atoms with E-state index in [2.05, 4.69) is 32.0 Å². The van der Waals surface area contributed by atoms with E-state index in [1.54, 1.807) is 12.4 Å². The summed E-state index contributed by atoms with van der Waals surface area (Å²) in [6.07, 6.45) is 3.56. The summed E-state index contributed by atoms with van der Waals surface area (Å²) >= 11 is 0. The number of aromatic hydroxyl groups is 1. The molecule has 28 heavy (non-hydrogen) atoms. The summed E-state index contributed by atoms with van der Waals surface area (Å²) in [4.78, 5) is 18.0. The number of anilines is 1. The van der Waals surface area contributed by atoms with E-state index in [0.717, 1.165) is 61.3 Å². The van der Waals surface area contributed by atoms with E-state index < -0.39 is 0 Å². The van der Waals surface area contributed by atoms with Crippen LogP contribution in [0.3, 0.4) is 0 Å². The maximum Gasteiger partial charge on any atom is 0.225 e. The number of nitrogens with one attached hydrogen (secondary N) is 1. The molecule has 0 radical (unpaired) electrons. The van der Waals surface area contributed by atoms with E-state index >= 15 is 0 Å². The molecule has 2 heterocycles. The van der Waals surface area contributed by atoms with Crippen molar-refractivity contribution in [3.8, 4) is 5.75 Å². The predicted octanol–water partition coefficient (Wildman–Crippen LogP) is 2.70. The van der Waals surface area contributed by atoms with Crippen molar-refractivity contribution >= 4 is 35.9 Å². The Kier molecular flexibility index (Phi) is 8.28. The molecular formula is C20H29IN6O. The number of nitrogens with zero attached hydrogens (tertiary/aromatic N) is 5. The third kappa shape index (κ3) is 5.46. The van der Waals surface area contributed by atoms with E-state index in [9.17, 15) is 5.11 Å². The molecule has 1 aliphatic rings. The Morgan fingerprint density at radius 3 is 2.29 bits per heavy atom. The number of hydrogen-bond donors (Lipinski definition) is 2. The first-order valence-electron chi connectivity index (χ1n) is 9.42. The number of aliphatic imine (C=N–C) groups is 1. The number of benzene rings is 1. The Morgan fingerprint density at radius 1 is 1.11 bits per heavy atom. The van der Waals surface area contributed by atoms with Crippen LogP contribution in [0, 0.1) is 13.8 Å². The Morgan fingerprint density at radius 2 is 1.71 bits per heavy atom. The SMILES string of the molecule is CCNC(=NCc1cc(C)c(O)c(C)c1)N1CCN(c2ncccn2)CC1.I. The second-order valence-electron chi connectivity index (χ2n) is 6.77. The smallest absolute Gasteiger partial charge is 0.225 e. The number of phenols is 1. The standard InChI is InChI=1S/C20H28N6O.HI/c1-4-21-19(24-14-17-12-15(2)18(27)16(3)13-17)25-8-10-26(11-9-25)20-22-6-5-7-23-20;/h5-7,12-13,27H,4,8-11,14H2,1-3H3,(H,21,24);1H. The van der Waals surface area contributed by atoms with Crippen molar-refractivity contribution in [1.82, 2.24) is 20.2 Å². The number of phenolic OH excluding ortho intramolecular Hbond substituents is 1. The highest BCUT2D eigenvalue weighted by atomic mass is 127. The van der Waals surface area contributed by atoms with Gasteiger partial charge in [-0.1, -0.05) is 12.1 Å². The monoisotopic (exact) mass is 496 g/mol. The van der Waals surface area contributed by atoms with E-state index in [1.807, 2.05) is 32.0 Å². The molecule has 8 heteroatoms. The van der Waals surface area contributed by atoms with Crippen molar-refractivity contribution < 1.29 is 5.11 Å². The molecule has 2 N–H and O–H groups in total. The molecule has 0 bridgehead atoms. The van der Waals surface area contributed by atoms with Crippen LogP contribution in [0.5, 0.6) is 5.75 Å². The van der Waals surface area contributed by atoms with Crippen molar-refractivity contribution in [2.45, 2.75) is 27.3 Å². The molecule has 0 aliphatic carbocycles. The van der Waals surface area contributed by atoms with Gasteiger partial charge in [0.15, 0.2) is 5.96 Å². The average molecular weight is 496 g/mol. The van der Waals surface area contributed by atoms with Gasteiger partial charge in [-0.2, -0.15) is 0 Å². The van der Waals surface area contributed by atoms with Gasteiger partial charge in [-0.15, -0.1) is 24.0 Å². The Hall–Kier alpha value is -2.10. The summed E-state index contributed by atoms with van der Waals surface area (Å²) in [5.41, 5.74) is 2.89. The molecule has 1 aromatic heterocycles. The molecule has 152 valence electrons. The van der Waals surface area contributed by atoms with Crippen LogP contribution in [0.1, 0.15) is 23.6 Å². The number of guanidine groups is 1. The van der Waals surface area contributed by atoms with Gasteiger partial charge in [-0.25, -0.2) is 15.0 Å². The van der Waals surface area contributed by atoms with Gasteiger partial charge in [-0.05, 0) is 43.5 Å². The van der Waals surface area contributed by atoms with Crippen LogP contribution in [0.15, 0.2) is 35.6 Å². The fraction of sp³-hybridized carbons (Fsp3) is 0.450. The number of halogens is 1. The molecule has 1 aliphatic heterocycles. The summed E-state index contributed by atoms with van der Waals surface area (Å²) < 4.78 is 0. The van der Waals surface area contributed by atoms with Gasteiger partial charge in [0.05, 0.1) is 6.54 Å². The highest BCUT2D eigenvalue weighted by molar-refractivity contribution is 14.0. The van der Waals surface area contributed by atoms with Crippen LogP contribution in [-0.4, -0.2) is 58.7 Å². The Labute approximate surface area is 183 Å². The van der Waals surface area contributed by atoms with E-state index in [-0.39, 0.29) is 24.0 Å². The minimum absolute atomic E-state index is 0. The molecule has 1 saturated heterocycles. The van der Waals surface area contributed by atoms with Gasteiger partial charge >= 0.3 is 0 Å². The van der Waals surface area contributed by atoms with Crippen molar-refractivity contribution in [2.75, 3.05) is 37.6 Å². The van der Waals surface area contributed by atoms with Gasteiger partial charge in [0.1, 0.15) is 5.75 Å². The van der Waals surface area contributed by atoms with Crippen LogP contribution >= 0.6 is 24.0 Å². The van der Waals surface area contributed by atoms with Crippen molar-refractivity contribution in [2.24, 2.45) is 4.99 Å². The third-order valence-electron chi connectivity index (χ3n) is 4.71. The summed E-state index contributed by atoms with van der Waals surface area (Å²) in [5.74, 6) is 2.08. The second kappa shape index (κ2) is 10.4. The Bertz CT molecular complexity index is 768. The topological polar surface area (TPSA) is 76.9 Å². The summed E-state index contributed by atoms with van der Waals surface area (Å²) in [6.45, 7) is 10.8. The van der Waals surface area contributed by atoms with E-state index in [1.165, 1.54) is 0 Å². The lowest BCUT2D eigenvalue weighted by Crippen LogP contribution is -2.52. The predicted molar refractivity (Wildman–Crippen MR) is 124 cm³/mol. The van der Waals surface area contributed by atoms with Gasteiger partial charge in [0, 0.05) is 45.1 Å². The van der Waals surface area contributed by atoms with Gasteiger partial charge in [0.25, 0.3) is 0 Å². The molecule has 0 saturated carbocycles. The third-order valence-corrected chi connectivity index (χ3v) is 4.71. The molecule has 1 aromatic carbocycles. The molecule has 0 spiro atoms. The van der Waals surface area contributed by atoms with Gasteiger partial charge in [-0.3, -0.25) is 0 Å². The quantitative estimate of drug-likeness (QED) is 0.385. The minimum Gasteiger partial charge on any atom is -0.507 e. The number of aryl methyl sites for hydroxylation is 2. The first kappa shape index (κ1) is 22.2. The summed E-state index contributed by atoms with van der Waals surface area (Å²) in [7, 11) is 0. The number of piperazine rings is 1. The molecule has 0 unspecified atom stereocenters. The molecule has 1 fully saturated rings. The van der Waals surface area contributed by atoms with E-state index in [4.69, 9.17) is 4.99 Å². The normalized spacial score (nSPS) is 14.6. The van der Waals surface area contributed by atoms with Crippen LogP contribution in [-0.2, 0) is 6.54 Å². The average Bonchev–Trinajstić information content (AvgIpc) is 2.70. The van der Waals surface area contributed by atoms with E-state index in [0.29, 0.717) is 12.3 Å². The molecule has 0 amide bonds. The molecule has 2 aromatic rings. The van der Waals surface area contributed by atoms with Gasteiger partial charge < -0.3 is 20.2 Å². The number of rotatable bonds is 4. The number of hydrogen-bond acceptors (Lipinski definition) is 5. The summed E-state index contributed by atoms with van der Waals surface area (Å²) in [6, 6.07) is 5.84. The van der Waals surface area contributed by atoms with Crippen LogP contribution in [0.4, 0.5) is 5.95 Å². The zero-order valence-corrected chi connectivity index (χ0v) is 19.1. The number of aromatic nitrogens is 2.